The topological polar surface area (TPSA) is 55.0 Å². The molecule has 0 bridgehead atoms. The number of para-hydroxylation sites is 1. The summed E-state index contributed by atoms with van der Waals surface area (Å²) in [7, 11) is 0. The average Bonchev–Trinajstić information content (AvgIpc) is 2.25. The Kier molecular flexibility index (Phi) is 2.67. The normalized spacial score (nSPS) is 10.5. The van der Waals surface area contributed by atoms with Crippen LogP contribution in [0.25, 0.3) is 10.9 Å². The van der Waals surface area contributed by atoms with E-state index < -0.39 is 0 Å². The van der Waals surface area contributed by atoms with Gasteiger partial charge in [-0.15, -0.1) is 0 Å². The first kappa shape index (κ1) is 9.71. The summed E-state index contributed by atoms with van der Waals surface area (Å²) < 4.78 is 5.42. The fourth-order valence-electron chi connectivity index (χ4n) is 1.38. The molecular formula is C11H12N2O2. The lowest BCUT2D eigenvalue weighted by Crippen LogP contribution is -2.12. The zero-order valence-corrected chi connectivity index (χ0v) is 8.49. The lowest BCUT2D eigenvalue weighted by molar-refractivity contribution is 0.308. The van der Waals surface area contributed by atoms with Crippen molar-refractivity contribution in [2.45, 2.75) is 13.3 Å². The molecule has 0 unspecified atom stereocenters. The van der Waals surface area contributed by atoms with Gasteiger partial charge in [-0.25, -0.2) is 4.79 Å². The number of nitrogens with one attached hydrogen (secondary N) is 1. The van der Waals surface area contributed by atoms with E-state index in [2.05, 4.69) is 9.97 Å². The van der Waals surface area contributed by atoms with Gasteiger partial charge >= 0.3 is 5.69 Å². The van der Waals surface area contributed by atoms with Crippen LogP contribution in [-0.2, 0) is 0 Å². The average molecular weight is 204 g/mol. The maximum absolute atomic E-state index is 11.2. The lowest BCUT2D eigenvalue weighted by Gasteiger charge is -2.05. The number of fused-ring (bicyclic) bond motifs is 1. The van der Waals surface area contributed by atoms with E-state index in [1.165, 1.54) is 0 Å². The Balaban J connectivity index is 2.55. The Morgan fingerprint density at radius 2 is 2.20 bits per heavy atom. The molecule has 0 amide bonds. The number of aromatic nitrogens is 2. The van der Waals surface area contributed by atoms with E-state index in [1.807, 2.05) is 31.2 Å². The number of aromatic amines is 1. The van der Waals surface area contributed by atoms with Crippen molar-refractivity contribution < 1.29 is 4.74 Å². The summed E-state index contributed by atoms with van der Waals surface area (Å²) in [6.45, 7) is 2.58. The molecule has 0 saturated carbocycles. The van der Waals surface area contributed by atoms with E-state index in [1.54, 1.807) is 0 Å². The van der Waals surface area contributed by atoms with Crippen molar-refractivity contribution in [2.75, 3.05) is 6.61 Å². The van der Waals surface area contributed by atoms with Gasteiger partial charge in [-0.2, -0.15) is 4.98 Å². The summed E-state index contributed by atoms with van der Waals surface area (Å²) in [5, 5.41) is 0.838. The Hall–Kier alpha value is -1.84. The van der Waals surface area contributed by atoms with Crippen LogP contribution in [0.1, 0.15) is 13.3 Å². The molecule has 0 aliphatic rings. The van der Waals surface area contributed by atoms with Crippen LogP contribution in [0, 0.1) is 0 Å². The highest BCUT2D eigenvalue weighted by Gasteiger charge is 2.04. The lowest BCUT2D eigenvalue weighted by atomic mass is 10.2. The van der Waals surface area contributed by atoms with Crippen molar-refractivity contribution in [3.63, 3.8) is 0 Å². The number of H-pyrrole nitrogens is 1. The molecule has 1 heterocycles. The van der Waals surface area contributed by atoms with Gasteiger partial charge in [0.25, 0.3) is 0 Å². The second-order valence-electron chi connectivity index (χ2n) is 3.24. The molecule has 0 radical (unpaired) electrons. The zero-order chi connectivity index (χ0) is 10.7. The highest BCUT2D eigenvalue weighted by Crippen LogP contribution is 2.19. The smallest absolute Gasteiger partial charge is 0.348 e. The van der Waals surface area contributed by atoms with Gasteiger partial charge in [0, 0.05) is 0 Å². The molecule has 1 N–H and O–H groups in total. The summed E-state index contributed by atoms with van der Waals surface area (Å²) in [5.74, 6) is 0.413. The van der Waals surface area contributed by atoms with E-state index in [0.29, 0.717) is 12.5 Å². The molecule has 0 spiro atoms. The van der Waals surface area contributed by atoms with Gasteiger partial charge in [-0.1, -0.05) is 19.1 Å². The molecule has 1 aromatic carbocycles. The standard InChI is InChI=1S/C11H12N2O2/c1-2-7-15-10-8-5-3-4-6-9(8)12-11(14)13-10/h3-6H,2,7H2,1H3,(H,12,13,14). The maximum Gasteiger partial charge on any atom is 0.348 e. The molecule has 0 saturated heterocycles. The molecular weight excluding hydrogens is 192 g/mol. The second kappa shape index (κ2) is 4.13. The fourth-order valence-corrected chi connectivity index (χ4v) is 1.38. The quantitative estimate of drug-likeness (QED) is 0.828. The van der Waals surface area contributed by atoms with E-state index >= 15 is 0 Å². The van der Waals surface area contributed by atoms with Crippen LogP contribution in [0.15, 0.2) is 29.1 Å². The number of hydrogen-bond donors (Lipinski definition) is 1. The van der Waals surface area contributed by atoms with Crippen molar-refractivity contribution >= 4 is 10.9 Å². The molecule has 0 aliphatic carbocycles. The Morgan fingerprint density at radius 3 is 3.00 bits per heavy atom. The number of ether oxygens (including phenoxy) is 1. The molecule has 4 nitrogen and oxygen atoms in total. The third-order valence-corrected chi connectivity index (χ3v) is 2.05. The molecule has 1 aromatic heterocycles. The van der Waals surface area contributed by atoms with Crippen LogP contribution in [0.4, 0.5) is 0 Å². The van der Waals surface area contributed by atoms with E-state index in [4.69, 9.17) is 4.74 Å². The molecule has 0 aliphatic heterocycles. The predicted octanol–water partition coefficient (Wildman–Crippen LogP) is 1.71. The van der Waals surface area contributed by atoms with Gasteiger partial charge in [0.2, 0.25) is 5.88 Å². The molecule has 0 atom stereocenters. The number of nitrogens with zero attached hydrogens (tertiary/aromatic N) is 1. The van der Waals surface area contributed by atoms with Crippen molar-refractivity contribution in [3.05, 3.63) is 34.7 Å². The molecule has 78 valence electrons. The minimum atomic E-state index is -0.375. The van der Waals surface area contributed by atoms with Crippen LogP contribution in [-0.4, -0.2) is 16.6 Å². The van der Waals surface area contributed by atoms with E-state index in [0.717, 1.165) is 17.3 Å². The Labute approximate surface area is 86.9 Å². The fraction of sp³-hybridized carbons (Fsp3) is 0.273. The maximum atomic E-state index is 11.2. The van der Waals surface area contributed by atoms with Crippen LogP contribution in [0.3, 0.4) is 0 Å². The molecule has 2 rings (SSSR count). The Bertz CT molecular complexity index is 519. The summed E-state index contributed by atoms with van der Waals surface area (Å²) >= 11 is 0. The highest BCUT2D eigenvalue weighted by molar-refractivity contribution is 5.82. The summed E-state index contributed by atoms with van der Waals surface area (Å²) in [6, 6.07) is 7.46. The van der Waals surface area contributed by atoms with Crippen molar-refractivity contribution in [3.8, 4) is 5.88 Å². The molecule has 2 aromatic rings. The number of hydrogen-bond acceptors (Lipinski definition) is 3. The van der Waals surface area contributed by atoms with Gasteiger partial charge < -0.3 is 9.72 Å². The van der Waals surface area contributed by atoms with Gasteiger partial charge in [0.15, 0.2) is 0 Å². The second-order valence-corrected chi connectivity index (χ2v) is 3.24. The summed E-state index contributed by atoms with van der Waals surface area (Å²) in [6.07, 6.45) is 0.892. The Morgan fingerprint density at radius 1 is 1.40 bits per heavy atom. The number of benzene rings is 1. The van der Waals surface area contributed by atoms with Crippen LogP contribution < -0.4 is 10.4 Å². The van der Waals surface area contributed by atoms with Gasteiger partial charge in [0.1, 0.15) is 0 Å². The van der Waals surface area contributed by atoms with Crippen molar-refractivity contribution in [1.29, 1.82) is 0 Å². The summed E-state index contributed by atoms with van der Waals surface area (Å²) in [4.78, 5) is 17.7. The zero-order valence-electron chi connectivity index (χ0n) is 8.49. The first-order valence-electron chi connectivity index (χ1n) is 4.93. The van der Waals surface area contributed by atoms with Crippen LogP contribution >= 0.6 is 0 Å². The SMILES string of the molecule is CCCOc1nc(=O)[nH]c2ccccc12. The third-order valence-electron chi connectivity index (χ3n) is 2.05. The highest BCUT2D eigenvalue weighted by atomic mass is 16.5. The molecule has 4 heteroatoms. The molecule has 15 heavy (non-hydrogen) atoms. The summed E-state index contributed by atoms with van der Waals surface area (Å²) in [5.41, 5.74) is 0.378. The minimum Gasteiger partial charge on any atom is -0.477 e. The van der Waals surface area contributed by atoms with Crippen LogP contribution in [0.2, 0.25) is 0 Å². The van der Waals surface area contributed by atoms with Crippen molar-refractivity contribution in [2.24, 2.45) is 0 Å². The monoisotopic (exact) mass is 204 g/mol. The van der Waals surface area contributed by atoms with Crippen LogP contribution in [0.5, 0.6) is 5.88 Å². The van der Waals surface area contributed by atoms with Crippen molar-refractivity contribution in [1.82, 2.24) is 9.97 Å². The largest absolute Gasteiger partial charge is 0.477 e. The molecule has 0 fully saturated rings. The third kappa shape index (κ3) is 1.98. The number of rotatable bonds is 3. The minimum absolute atomic E-state index is 0.375. The first-order chi connectivity index (χ1) is 7.31. The first-order valence-corrected chi connectivity index (χ1v) is 4.93. The van der Waals surface area contributed by atoms with Gasteiger partial charge in [-0.3, -0.25) is 0 Å². The predicted molar refractivity (Wildman–Crippen MR) is 58.1 cm³/mol. The van der Waals surface area contributed by atoms with E-state index in [9.17, 15) is 4.79 Å². The van der Waals surface area contributed by atoms with Gasteiger partial charge in [0.05, 0.1) is 17.5 Å². The van der Waals surface area contributed by atoms with E-state index in [-0.39, 0.29) is 5.69 Å². The van der Waals surface area contributed by atoms with Gasteiger partial charge in [-0.05, 0) is 18.6 Å².